The van der Waals surface area contributed by atoms with E-state index in [1.54, 1.807) is 0 Å². The van der Waals surface area contributed by atoms with Crippen LogP contribution in [0.3, 0.4) is 0 Å². The molecule has 1 aromatic rings. The minimum absolute atomic E-state index is 0.0849. The topological polar surface area (TPSA) is 3.24 Å². The second kappa shape index (κ2) is 6.73. The fourth-order valence-electron chi connectivity index (χ4n) is 1.50. The minimum Gasteiger partial charge on any atom is -0.290 e. The first-order chi connectivity index (χ1) is 8.33. The quantitative estimate of drug-likeness (QED) is 0.568. The molecule has 0 spiro atoms. The maximum atomic E-state index is 13.6. The maximum Gasteiger partial charge on any atom is 0.401 e. The Kier molecular flexibility index (Phi) is 5.88. The van der Waals surface area contributed by atoms with E-state index in [4.69, 9.17) is 11.6 Å². The minimum atomic E-state index is -4.31. The molecule has 1 nitrogen and oxygen atoms in total. The number of hydrogen-bond donors (Lipinski definition) is 0. The van der Waals surface area contributed by atoms with Gasteiger partial charge in [0, 0.05) is 24.0 Å². The van der Waals surface area contributed by atoms with Gasteiger partial charge in [-0.1, -0.05) is 39.7 Å². The molecule has 0 atom stereocenters. The van der Waals surface area contributed by atoms with Crippen molar-refractivity contribution in [2.45, 2.75) is 12.7 Å². The van der Waals surface area contributed by atoms with Crippen LogP contribution >= 0.6 is 27.5 Å². The standard InChI is InChI=1S/C11H11BrClF4N/c12-4-5-18(7-11(15,16)17)6-8-2-1-3-9(13)10(8)14/h1-3H,4-7H2. The normalized spacial score (nSPS) is 12.2. The van der Waals surface area contributed by atoms with E-state index in [1.807, 2.05) is 0 Å². The fourth-order valence-corrected chi connectivity index (χ4v) is 2.19. The Balaban J connectivity index is 2.80. The van der Waals surface area contributed by atoms with E-state index >= 15 is 0 Å². The van der Waals surface area contributed by atoms with Gasteiger partial charge in [-0.3, -0.25) is 4.90 Å². The first-order valence-electron chi connectivity index (χ1n) is 5.11. The SMILES string of the molecule is Fc1c(Cl)cccc1CN(CCBr)CC(F)(F)F. The van der Waals surface area contributed by atoms with Crippen molar-refractivity contribution in [2.75, 3.05) is 18.4 Å². The fraction of sp³-hybridized carbons (Fsp3) is 0.455. The summed E-state index contributed by atoms with van der Waals surface area (Å²) in [6.07, 6.45) is -4.31. The van der Waals surface area contributed by atoms with Crippen LogP contribution in [0, 0.1) is 5.82 Å². The van der Waals surface area contributed by atoms with E-state index in [2.05, 4.69) is 15.9 Å². The van der Waals surface area contributed by atoms with E-state index in [9.17, 15) is 17.6 Å². The summed E-state index contributed by atoms with van der Waals surface area (Å²) in [6.45, 7) is -1.03. The van der Waals surface area contributed by atoms with Gasteiger partial charge in [-0.05, 0) is 6.07 Å². The zero-order chi connectivity index (χ0) is 13.8. The van der Waals surface area contributed by atoms with Crippen LogP contribution in [0.5, 0.6) is 0 Å². The molecule has 0 aliphatic rings. The van der Waals surface area contributed by atoms with Crippen molar-refractivity contribution in [3.05, 3.63) is 34.6 Å². The molecule has 1 aromatic carbocycles. The lowest BCUT2D eigenvalue weighted by molar-refractivity contribution is -0.146. The second-order valence-corrected chi connectivity index (χ2v) is 4.93. The zero-order valence-electron chi connectivity index (χ0n) is 9.28. The summed E-state index contributed by atoms with van der Waals surface area (Å²) in [6, 6.07) is 4.30. The summed E-state index contributed by atoms with van der Waals surface area (Å²) in [5.41, 5.74) is 0.160. The Hall–Kier alpha value is -0.330. The molecular weight excluding hydrogens is 337 g/mol. The molecule has 0 bridgehead atoms. The average Bonchev–Trinajstić information content (AvgIpc) is 2.23. The third-order valence-corrected chi connectivity index (χ3v) is 2.88. The average molecular weight is 349 g/mol. The zero-order valence-corrected chi connectivity index (χ0v) is 11.6. The molecule has 7 heteroatoms. The lowest BCUT2D eigenvalue weighted by atomic mass is 10.2. The number of halogens is 6. The summed E-state index contributed by atoms with van der Waals surface area (Å²) in [4.78, 5) is 1.11. The van der Waals surface area contributed by atoms with Crippen LogP contribution in [0.15, 0.2) is 18.2 Å². The maximum absolute atomic E-state index is 13.6. The van der Waals surface area contributed by atoms with Crippen molar-refractivity contribution in [3.8, 4) is 0 Å². The molecule has 0 aliphatic carbocycles. The van der Waals surface area contributed by atoms with Gasteiger partial charge in [-0.25, -0.2) is 4.39 Å². The number of hydrogen-bond acceptors (Lipinski definition) is 1. The summed E-state index contributed by atoms with van der Waals surface area (Å²) in [5, 5.41) is 0.295. The Morgan fingerprint density at radius 1 is 1.28 bits per heavy atom. The second-order valence-electron chi connectivity index (χ2n) is 3.73. The third kappa shape index (κ3) is 5.12. The molecule has 0 saturated carbocycles. The molecule has 0 unspecified atom stereocenters. The molecule has 0 saturated heterocycles. The van der Waals surface area contributed by atoms with Crippen LogP contribution in [0.4, 0.5) is 17.6 Å². The van der Waals surface area contributed by atoms with Crippen LogP contribution in [0.1, 0.15) is 5.56 Å². The van der Waals surface area contributed by atoms with Crippen LogP contribution in [0.25, 0.3) is 0 Å². The van der Waals surface area contributed by atoms with Crippen molar-refractivity contribution in [3.63, 3.8) is 0 Å². The summed E-state index contributed by atoms with van der Waals surface area (Å²) in [7, 11) is 0. The molecule has 0 N–H and O–H groups in total. The molecule has 0 aromatic heterocycles. The van der Waals surface area contributed by atoms with Gasteiger partial charge < -0.3 is 0 Å². The van der Waals surface area contributed by atoms with E-state index in [0.29, 0.717) is 5.33 Å². The highest BCUT2D eigenvalue weighted by Crippen LogP contribution is 2.22. The number of benzene rings is 1. The molecule has 102 valence electrons. The van der Waals surface area contributed by atoms with Gasteiger partial charge in [0.1, 0.15) is 5.82 Å². The number of alkyl halides is 4. The van der Waals surface area contributed by atoms with Crippen molar-refractivity contribution >= 4 is 27.5 Å². The van der Waals surface area contributed by atoms with Gasteiger partial charge in [-0.2, -0.15) is 13.2 Å². The Labute approximate surface area is 116 Å². The summed E-state index contributed by atoms with van der Waals surface area (Å²) >= 11 is 8.66. The first kappa shape index (κ1) is 15.7. The van der Waals surface area contributed by atoms with E-state index in [0.717, 1.165) is 4.90 Å². The van der Waals surface area contributed by atoms with Gasteiger partial charge in [0.25, 0.3) is 0 Å². The van der Waals surface area contributed by atoms with Crippen molar-refractivity contribution in [1.29, 1.82) is 0 Å². The number of nitrogens with zero attached hydrogens (tertiary/aromatic N) is 1. The predicted molar refractivity (Wildman–Crippen MR) is 66.5 cm³/mol. The van der Waals surface area contributed by atoms with Gasteiger partial charge in [0.15, 0.2) is 0 Å². The Bertz CT molecular complexity index is 397. The summed E-state index contributed by atoms with van der Waals surface area (Å²) < 4.78 is 50.6. The van der Waals surface area contributed by atoms with E-state index in [-0.39, 0.29) is 23.7 Å². The molecule has 0 heterocycles. The molecular formula is C11H11BrClF4N. The van der Waals surface area contributed by atoms with Crippen LogP contribution in [-0.4, -0.2) is 29.5 Å². The lowest BCUT2D eigenvalue weighted by Gasteiger charge is -2.23. The molecule has 1 rings (SSSR count). The van der Waals surface area contributed by atoms with E-state index in [1.165, 1.54) is 18.2 Å². The van der Waals surface area contributed by atoms with Crippen LogP contribution < -0.4 is 0 Å². The van der Waals surface area contributed by atoms with Crippen molar-refractivity contribution < 1.29 is 17.6 Å². The van der Waals surface area contributed by atoms with Gasteiger partial charge in [0.2, 0.25) is 0 Å². The predicted octanol–water partition coefficient (Wildman–Crippen LogP) is 4.24. The van der Waals surface area contributed by atoms with Gasteiger partial charge in [-0.15, -0.1) is 0 Å². The molecule has 0 radical (unpaired) electrons. The molecule has 18 heavy (non-hydrogen) atoms. The molecule has 0 aliphatic heterocycles. The third-order valence-electron chi connectivity index (χ3n) is 2.23. The monoisotopic (exact) mass is 347 g/mol. The highest BCUT2D eigenvalue weighted by atomic mass is 79.9. The Morgan fingerprint density at radius 2 is 1.94 bits per heavy atom. The van der Waals surface area contributed by atoms with Crippen molar-refractivity contribution in [2.24, 2.45) is 0 Å². The smallest absolute Gasteiger partial charge is 0.290 e. The summed E-state index contributed by atoms with van der Waals surface area (Å²) in [5.74, 6) is -0.666. The lowest BCUT2D eigenvalue weighted by Crippen LogP contribution is -2.35. The van der Waals surface area contributed by atoms with Gasteiger partial charge >= 0.3 is 6.18 Å². The largest absolute Gasteiger partial charge is 0.401 e. The van der Waals surface area contributed by atoms with E-state index < -0.39 is 18.5 Å². The van der Waals surface area contributed by atoms with Crippen LogP contribution in [-0.2, 0) is 6.54 Å². The highest BCUT2D eigenvalue weighted by Gasteiger charge is 2.30. The van der Waals surface area contributed by atoms with Crippen LogP contribution in [0.2, 0.25) is 5.02 Å². The van der Waals surface area contributed by atoms with Gasteiger partial charge in [0.05, 0.1) is 11.6 Å². The van der Waals surface area contributed by atoms with Crippen molar-refractivity contribution in [1.82, 2.24) is 4.90 Å². The first-order valence-corrected chi connectivity index (χ1v) is 6.61. The number of rotatable bonds is 5. The Morgan fingerprint density at radius 3 is 2.50 bits per heavy atom. The molecule has 0 amide bonds. The highest BCUT2D eigenvalue weighted by molar-refractivity contribution is 9.09. The molecule has 0 fully saturated rings.